The van der Waals surface area contributed by atoms with Crippen LogP contribution in [0.5, 0.6) is 0 Å². The van der Waals surface area contributed by atoms with E-state index < -0.39 is 7.73 Å². The van der Waals surface area contributed by atoms with Crippen molar-refractivity contribution in [3.8, 4) is 0 Å². The van der Waals surface area contributed by atoms with Gasteiger partial charge in [0, 0.05) is 0 Å². The molecule has 2 nitrogen and oxygen atoms in total. The molecule has 1 heterocycles. The van der Waals surface area contributed by atoms with Crippen LogP contribution in [0, 0.1) is 0 Å². The van der Waals surface area contributed by atoms with Gasteiger partial charge in [0.2, 0.25) is 0 Å². The van der Waals surface area contributed by atoms with E-state index in [0.29, 0.717) is 0 Å². The molecule has 0 aromatic heterocycles. The SMILES string of the molecule is CC1OP(Cl)OC1(C)C. The Morgan fingerprint density at radius 2 is 2.11 bits per heavy atom. The third-order valence-corrected chi connectivity index (χ3v) is 3.07. The molecule has 1 saturated heterocycles. The standard InChI is InChI=1S/C5H10ClO2P/c1-4-5(2,3)8-9(6)7-4/h4H,1-3H3. The first-order valence-corrected chi connectivity index (χ1v) is 4.92. The zero-order chi connectivity index (χ0) is 7.07. The predicted molar refractivity (Wildman–Crippen MR) is 38.5 cm³/mol. The summed E-state index contributed by atoms with van der Waals surface area (Å²) in [6, 6.07) is 0. The van der Waals surface area contributed by atoms with E-state index in [1.807, 2.05) is 20.8 Å². The smallest absolute Gasteiger partial charge is 0.277 e. The zero-order valence-electron chi connectivity index (χ0n) is 5.72. The summed E-state index contributed by atoms with van der Waals surface area (Å²) in [5.41, 5.74) is -0.201. The highest BCUT2D eigenvalue weighted by Crippen LogP contribution is 2.56. The largest absolute Gasteiger partial charge is 0.316 e. The molecule has 0 aromatic carbocycles. The van der Waals surface area contributed by atoms with E-state index in [1.54, 1.807) is 0 Å². The van der Waals surface area contributed by atoms with Crippen molar-refractivity contribution in [2.45, 2.75) is 32.5 Å². The fourth-order valence-electron chi connectivity index (χ4n) is 0.532. The van der Waals surface area contributed by atoms with Gasteiger partial charge in [-0.2, -0.15) is 0 Å². The summed E-state index contributed by atoms with van der Waals surface area (Å²) in [4.78, 5) is 0. The van der Waals surface area contributed by atoms with Crippen molar-refractivity contribution in [1.29, 1.82) is 0 Å². The highest BCUT2D eigenvalue weighted by Gasteiger charge is 2.39. The molecule has 0 amide bonds. The molecule has 0 spiro atoms. The van der Waals surface area contributed by atoms with Crippen LogP contribution in [0.4, 0.5) is 0 Å². The van der Waals surface area contributed by atoms with Crippen LogP contribution in [0.15, 0.2) is 0 Å². The molecule has 1 rings (SSSR count). The Bertz CT molecular complexity index is 118. The maximum atomic E-state index is 5.61. The van der Waals surface area contributed by atoms with Gasteiger partial charge in [0.1, 0.15) is 0 Å². The van der Waals surface area contributed by atoms with Crippen molar-refractivity contribution in [1.82, 2.24) is 0 Å². The third kappa shape index (κ3) is 1.56. The maximum Gasteiger partial charge on any atom is 0.277 e. The maximum absolute atomic E-state index is 5.61. The Hall–Kier alpha value is 0.640. The van der Waals surface area contributed by atoms with Crippen molar-refractivity contribution in [2.75, 3.05) is 0 Å². The lowest BCUT2D eigenvalue weighted by Gasteiger charge is -2.18. The van der Waals surface area contributed by atoms with Gasteiger partial charge in [0.05, 0.1) is 11.7 Å². The number of rotatable bonds is 0. The monoisotopic (exact) mass is 168 g/mol. The molecule has 2 unspecified atom stereocenters. The van der Waals surface area contributed by atoms with E-state index in [4.69, 9.17) is 20.3 Å². The Labute approximate surface area is 61.2 Å². The summed E-state index contributed by atoms with van der Waals surface area (Å²) in [5.74, 6) is 0. The van der Waals surface area contributed by atoms with Crippen LogP contribution in [0.2, 0.25) is 0 Å². The van der Waals surface area contributed by atoms with Gasteiger partial charge in [0.15, 0.2) is 0 Å². The topological polar surface area (TPSA) is 18.5 Å². The lowest BCUT2D eigenvalue weighted by atomic mass is 10.0. The van der Waals surface area contributed by atoms with Gasteiger partial charge in [-0.1, -0.05) is 0 Å². The lowest BCUT2D eigenvalue weighted by molar-refractivity contribution is 0.0855. The molecule has 1 fully saturated rings. The van der Waals surface area contributed by atoms with Gasteiger partial charge in [-0.3, -0.25) is 0 Å². The third-order valence-electron chi connectivity index (χ3n) is 1.53. The molecule has 1 aliphatic rings. The van der Waals surface area contributed by atoms with Crippen LogP contribution in [-0.4, -0.2) is 11.7 Å². The fraction of sp³-hybridized carbons (Fsp3) is 1.00. The Morgan fingerprint density at radius 1 is 1.56 bits per heavy atom. The van der Waals surface area contributed by atoms with Gasteiger partial charge in [-0.05, 0) is 32.0 Å². The molecule has 4 heteroatoms. The predicted octanol–water partition coefficient (Wildman–Crippen LogP) is 2.67. The molecule has 0 saturated carbocycles. The summed E-state index contributed by atoms with van der Waals surface area (Å²) in [7, 11) is -1.12. The van der Waals surface area contributed by atoms with Crippen LogP contribution in [0.1, 0.15) is 20.8 Å². The van der Waals surface area contributed by atoms with E-state index in [2.05, 4.69) is 0 Å². The van der Waals surface area contributed by atoms with Crippen LogP contribution in [0.25, 0.3) is 0 Å². The summed E-state index contributed by atoms with van der Waals surface area (Å²) in [5, 5.41) is 0. The van der Waals surface area contributed by atoms with E-state index in [1.165, 1.54) is 0 Å². The molecule has 0 radical (unpaired) electrons. The van der Waals surface area contributed by atoms with E-state index in [-0.39, 0.29) is 11.7 Å². The number of halogens is 1. The molecule has 0 bridgehead atoms. The summed E-state index contributed by atoms with van der Waals surface area (Å²) in [6.45, 7) is 5.91. The van der Waals surface area contributed by atoms with E-state index in [9.17, 15) is 0 Å². The molecular weight excluding hydrogens is 158 g/mol. The fourth-order valence-corrected chi connectivity index (χ4v) is 2.49. The molecule has 1 aliphatic heterocycles. The molecule has 54 valence electrons. The molecule has 0 N–H and O–H groups in total. The van der Waals surface area contributed by atoms with Crippen molar-refractivity contribution >= 4 is 19.0 Å². The van der Waals surface area contributed by atoms with Crippen molar-refractivity contribution in [2.24, 2.45) is 0 Å². The van der Waals surface area contributed by atoms with Crippen molar-refractivity contribution in [3.05, 3.63) is 0 Å². The Kier molecular flexibility index (Phi) is 2.02. The zero-order valence-corrected chi connectivity index (χ0v) is 7.37. The van der Waals surface area contributed by atoms with Crippen LogP contribution >= 0.6 is 19.0 Å². The van der Waals surface area contributed by atoms with Crippen molar-refractivity contribution in [3.63, 3.8) is 0 Å². The van der Waals surface area contributed by atoms with Gasteiger partial charge in [-0.25, -0.2) is 0 Å². The molecule has 0 aromatic rings. The minimum absolute atomic E-state index is 0.112. The summed E-state index contributed by atoms with van der Waals surface area (Å²) < 4.78 is 10.5. The van der Waals surface area contributed by atoms with E-state index >= 15 is 0 Å². The van der Waals surface area contributed by atoms with Crippen LogP contribution in [-0.2, 0) is 9.05 Å². The van der Waals surface area contributed by atoms with Gasteiger partial charge in [0.25, 0.3) is 7.73 Å². The summed E-state index contributed by atoms with van der Waals surface area (Å²) >= 11 is 5.61. The van der Waals surface area contributed by atoms with Gasteiger partial charge >= 0.3 is 0 Å². The minimum Gasteiger partial charge on any atom is -0.316 e. The first-order valence-electron chi connectivity index (χ1n) is 2.84. The van der Waals surface area contributed by atoms with Crippen LogP contribution < -0.4 is 0 Å². The summed E-state index contributed by atoms with van der Waals surface area (Å²) in [6.07, 6.45) is 0.112. The van der Waals surface area contributed by atoms with Gasteiger partial charge in [-0.15, -0.1) is 0 Å². The quantitative estimate of drug-likeness (QED) is 0.518. The molecular formula is C5H10ClO2P. The Balaban J connectivity index is 2.58. The van der Waals surface area contributed by atoms with Crippen molar-refractivity contribution < 1.29 is 9.05 Å². The number of hydrogen-bond acceptors (Lipinski definition) is 2. The molecule has 2 atom stereocenters. The second-order valence-corrected chi connectivity index (χ2v) is 4.30. The first kappa shape index (κ1) is 7.74. The highest BCUT2D eigenvalue weighted by atomic mass is 35.7. The molecule has 0 aliphatic carbocycles. The second-order valence-electron chi connectivity index (χ2n) is 2.65. The Morgan fingerprint density at radius 3 is 2.22 bits per heavy atom. The highest BCUT2D eigenvalue weighted by molar-refractivity contribution is 7.76. The first-order chi connectivity index (χ1) is 4.02. The van der Waals surface area contributed by atoms with Gasteiger partial charge < -0.3 is 9.05 Å². The normalized spacial score (nSPS) is 41.3. The van der Waals surface area contributed by atoms with Crippen LogP contribution in [0.3, 0.4) is 0 Å². The average molecular weight is 169 g/mol. The molecule has 9 heavy (non-hydrogen) atoms. The van der Waals surface area contributed by atoms with E-state index in [0.717, 1.165) is 0 Å². The lowest BCUT2D eigenvalue weighted by Crippen LogP contribution is -2.29. The second kappa shape index (κ2) is 2.35. The number of hydrogen-bond donors (Lipinski definition) is 0. The average Bonchev–Trinajstić information content (AvgIpc) is 1.79. The minimum atomic E-state index is -1.12.